The van der Waals surface area contributed by atoms with Gasteiger partial charge in [-0.15, -0.1) is 0 Å². The smallest absolute Gasteiger partial charge is 0.254 e. The van der Waals surface area contributed by atoms with Gasteiger partial charge in [0.15, 0.2) is 0 Å². The van der Waals surface area contributed by atoms with Crippen LogP contribution in [0.1, 0.15) is 32.9 Å². The second kappa shape index (κ2) is 6.89. The van der Waals surface area contributed by atoms with Crippen LogP contribution in [-0.4, -0.2) is 27.3 Å². The Morgan fingerprint density at radius 3 is 2.59 bits per heavy atom. The van der Waals surface area contributed by atoms with Gasteiger partial charge in [0.2, 0.25) is 0 Å². The minimum Gasteiger partial charge on any atom is -0.358 e. The Hall–Kier alpha value is -3.40. The normalized spacial score (nSPS) is 13.5. The molecule has 1 N–H and O–H groups in total. The molecular weight excluding hydrogens is 358 g/mol. The van der Waals surface area contributed by atoms with Crippen molar-refractivity contribution in [2.24, 2.45) is 0 Å². The highest BCUT2D eigenvalue weighted by atomic mass is 16.2. The summed E-state index contributed by atoms with van der Waals surface area (Å²) in [4.78, 5) is 22.7. The molecule has 0 bridgehead atoms. The Morgan fingerprint density at radius 2 is 1.79 bits per heavy atom. The van der Waals surface area contributed by atoms with Crippen molar-refractivity contribution < 1.29 is 4.79 Å². The van der Waals surface area contributed by atoms with E-state index in [1.807, 2.05) is 17.9 Å². The van der Waals surface area contributed by atoms with Crippen LogP contribution in [0.5, 0.6) is 0 Å². The topological polar surface area (TPSA) is 49.0 Å². The maximum Gasteiger partial charge on any atom is 0.254 e. The van der Waals surface area contributed by atoms with Crippen LogP contribution >= 0.6 is 0 Å². The van der Waals surface area contributed by atoms with Gasteiger partial charge in [-0.25, -0.2) is 0 Å². The van der Waals surface area contributed by atoms with Gasteiger partial charge in [-0.2, -0.15) is 0 Å². The average Bonchev–Trinajstić information content (AvgIpc) is 3.11. The van der Waals surface area contributed by atoms with E-state index >= 15 is 0 Å². The van der Waals surface area contributed by atoms with E-state index in [0.717, 1.165) is 24.2 Å². The third-order valence-corrected chi connectivity index (χ3v) is 5.79. The molecule has 0 fully saturated rings. The van der Waals surface area contributed by atoms with E-state index < -0.39 is 0 Å². The van der Waals surface area contributed by atoms with Gasteiger partial charge in [-0.05, 0) is 49.2 Å². The molecule has 1 amide bonds. The second-order valence-electron chi connectivity index (χ2n) is 7.87. The number of amides is 1. The molecule has 2 aromatic heterocycles. The number of H-pyrrole nitrogens is 1. The summed E-state index contributed by atoms with van der Waals surface area (Å²) in [5.41, 5.74) is 8.87. The molecule has 0 saturated carbocycles. The minimum absolute atomic E-state index is 0.0742. The Labute approximate surface area is 170 Å². The van der Waals surface area contributed by atoms with Crippen molar-refractivity contribution in [1.29, 1.82) is 0 Å². The van der Waals surface area contributed by atoms with E-state index in [9.17, 15) is 4.79 Å². The first kappa shape index (κ1) is 17.7. The van der Waals surface area contributed by atoms with Gasteiger partial charge in [0.1, 0.15) is 0 Å². The molecule has 5 rings (SSSR count). The predicted octanol–water partition coefficient (Wildman–Crippen LogP) is 5.05. The first-order chi connectivity index (χ1) is 14.1. The van der Waals surface area contributed by atoms with E-state index in [4.69, 9.17) is 0 Å². The van der Waals surface area contributed by atoms with Gasteiger partial charge in [-0.3, -0.25) is 9.78 Å². The van der Waals surface area contributed by atoms with E-state index in [1.54, 1.807) is 12.3 Å². The van der Waals surface area contributed by atoms with Gasteiger partial charge in [0.05, 0.1) is 0 Å². The fraction of sp³-hybridized carbons (Fsp3) is 0.200. The monoisotopic (exact) mass is 381 g/mol. The summed E-state index contributed by atoms with van der Waals surface area (Å²) in [6.45, 7) is 5.38. The number of benzene rings is 2. The molecule has 144 valence electrons. The van der Waals surface area contributed by atoms with Crippen LogP contribution in [-0.2, 0) is 13.0 Å². The van der Waals surface area contributed by atoms with E-state index in [-0.39, 0.29) is 5.91 Å². The minimum atomic E-state index is 0.0742. The number of rotatable bonds is 2. The fourth-order valence-corrected chi connectivity index (χ4v) is 4.17. The van der Waals surface area contributed by atoms with Gasteiger partial charge in [-0.1, -0.05) is 35.9 Å². The quantitative estimate of drug-likeness (QED) is 0.528. The lowest BCUT2D eigenvalue weighted by Gasteiger charge is -2.27. The molecule has 1 aliphatic rings. The third kappa shape index (κ3) is 3.21. The second-order valence-corrected chi connectivity index (χ2v) is 7.87. The lowest BCUT2D eigenvalue weighted by molar-refractivity contribution is 0.0735. The zero-order valence-electron chi connectivity index (χ0n) is 16.7. The number of hydrogen-bond donors (Lipinski definition) is 1. The molecule has 0 spiro atoms. The van der Waals surface area contributed by atoms with Crippen molar-refractivity contribution in [3.8, 4) is 11.1 Å². The molecule has 4 aromatic rings. The molecule has 0 aliphatic carbocycles. The highest BCUT2D eigenvalue weighted by Crippen LogP contribution is 2.32. The van der Waals surface area contributed by atoms with Crippen LogP contribution in [0.3, 0.4) is 0 Å². The van der Waals surface area contributed by atoms with Crippen molar-refractivity contribution in [3.05, 3.63) is 88.9 Å². The van der Waals surface area contributed by atoms with Crippen LogP contribution in [0, 0.1) is 13.8 Å². The molecule has 29 heavy (non-hydrogen) atoms. The Balaban J connectivity index is 1.50. The number of aromatic nitrogens is 2. The summed E-state index contributed by atoms with van der Waals surface area (Å²) >= 11 is 0. The van der Waals surface area contributed by atoms with Crippen molar-refractivity contribution in [3.63, 3.8) is 0 Å². The van der Waals surface area contributed by atoms with Crippen LogP contribution < -0.4 is 0 Å². The number of carbonyl (C=O) groups is 1. The Bertz CT molecular complexity index is 1220. The van der Waals surface area contributed by atoms with Crippen molar-refractivity contribution in [2.45, 2.75) is 26.8 Å². The van der Waals surface area contributed by atoms with Crippen LogP contribution in [0.4, 0.5) is 0 Å². The maximum absolute atomic E-state index is 13.0. The molecule has 1 aliphatic heterocycles. The fourth-order valence-electron chi connectivity index (χ4n) is 4.17. The van der Waals surface area contributed by atoms with Gasteiger partial charge in [0.25, 0.3) is 5.91 Å². The molecule has 4 heteroatoms. The lowest BCUT2D eigenvalue weighted by Crippen LogP contribution is -2.35. The molecule has 0 radical (unpaired) electrons. The van der Waals surface area contributed by atoms with Crippen molar-refractivity contribution in [1.82, 2.24) is 14.9 Å². The zero-order chi connectivity index (χ0) is 20.0. The predicted molar refractivity (Wildman–Crippen MR) is 116 cm³/mol. The third-order valence-electron chi connectivity index (χ3n) is 5.79. The number of aromatic amines is 1. The Morgan fingerprint density at radius 1 is 1.00 bits per heavy atom. The molecule has 0 atom stereocenters. The summed E-state index contributed by atoms with van der Waals surface area (Å²) in [6, 6.07) is 18.8. The van der Waals surface area contributed by atoms with Gasteiger partial charge in [0, 0.05) is 59.1 Å². The lowest BCUT2D eigenvalue weighted by atomic mass is 9.99. The van der Waals surface area contributed by atoms with E-state index in [0.29, 0.717) is 12.1 Å². The molecular formula is C25H23N3O. The Kier molecular flexibility index (Phi) is 4.20. The van der Waals surface area contributed by atoms with Crippen molar-refractivity contribution >= 4 is 16.8 Å². The van der Waals surface area contributed by atoms with Crippen molar-refractivity contribution in [2.75, 3.05) is 6.54 Å². The number of hydrogen-bond acceptors (Lipinski definition) is 2. The standard InChI is InChI=1S/C25H23N3O/c1-16-3-5-18(6-4-16)19-7-8-23-21(14-19)22-15-28(12-10-24(22)27-23)25(29)20-9-11-26-17(2)13-20/h3-9,11,13-14,27H,10,12,15H2,1-2H3. The van der Waals surface area contributed by atoms with E-state index in [2.05, 4.69) is 59.4 Å². The van der Waals surface area contributed by atoms with Crippen LogP contribution in [0.2, 0.25) is 0 Å². The van der Waals surface area contributed by atoms with Gasteiger partial charge < -0.3 is 9.88 Å². The molecule has 3 heterocycles. The number of pyridine rings is 1. The summed E-state index contributed by atoms with van der Waals surface area (Å²) in [6.07, 6.45) is 2.55. The summed E-state index contributed by atoms with van der Waals surface area (Å²) in [7, 11) is 0. The van der Waals surface area contributed by atoms with E-state index in [1.165, 1.54) is 33.3 Å². The number of fused-ring (bicyclic) bond motifs is 3. The number of carbonyl (C=O) groups excluding carboxylic acids is 1. The number of nitrogens with zero attached hydrogens (tertiary/aromatic N) is 2. The number of aryl methyl sites for hydroxylation is 2. The van der Waals surface area contributed by atoms with Crippen LogP contribution in [0.15, 0.2) is 60.8 Å². The first-order valence-corrected chi connectivity index (χ1v) is 10.0. The molecule has 2 aromatic carbocycles. The SMILES string of the molecule is Cc1ccc(-c2ccc3[nH]c4c(c3c2)CN(C(=O)c2ccnc(C)c2)CC4)cc1. The maximum atomic E-state index is 13.0. The molecule has 0 unspecified atom stereocenters. The average molecular weight is 381 g/mol. The van der Waals surface area contributed by atoms with Crippen LogP contribution in [0.25, 0.3) is 22.0 Å². The summed E-state index contributed by atoms with van der Waals surface area (Å²) in [5.74, 6) is 0.0742. The largest absolute Gasteiger partial charge is 0.358 e. The highest BCUT2D eigenvalue weighted by molar-refractivity contribution is 5.95. The van der Waals surface area contributed by atoms with Gasteiger partial charge >= 0.3 is 0 Å². The molecule has 4 nitrogen and oxygen atoms in total. The summed E-state index contributed by atoms with van der Waals surface area (Å²) < 4.78 is 0. The summed E-state index contributed by atoms with van der Waals surface area (Å²) in [5, 5.41) is 1.21. The highest BCUT2D eigenvalue weighted by Gasteiger charge is 2.25. The molecule has 0 saturated heterocycles. The zero-order valence-corrected chi connectivity index (χ0v) is 16.7. The first-order valence-electron chi connectivity index (χ1n) is 10.0. The number of nitrogens with one attached hydrogen (secondary N) is 1.